The van der Waals surface area contributed by atoms with Crippen molar-refractivity contribution in [1.82, 2.24) is 14.7 Å². The van der Waals surface area contributed by atoms with E-state index in [0.29, 0.717) is 16.9 Å². The van der Waals surface area contributed by atoms with Crippen molar-refractivity contribution < 1.29 is 23.4 Å². The van der Waals surface area contributed by atoms with Gasteiger partial charge in [-0.15, -0.1) is 0 Å². The Hall–Kier alpha value is -3.00. The molecular weight excluding hydrogens is 332 g/mol. The molecule has 0 radical (unpaired) electrons. The Morgan fingerprint density at radius 2 is 2.00 bits per heavy atom. The van der Waals surface area contributed by atoms with Crippen molar-refractivity contribution in [2.75, 3.05) is 6.54 Å². The first-order valence-electron chi connectivity index (χ1n) is 7.47. The van der Waals surface area contributed by atoms with Crippen molar-refractivity contribution in [3.8, 4) is 5.75 Å². The van der Waals surface area contributed by atoms with Crippen LogP contribution in [0.2, 0.25) is 0 Å². The number of amides is 1. The zero-order valence-corrected chi connectivity index (χ0v) is 13.0. The highest BCUT2D eigenvalue weighted by Gasteiger charge is 2.14. The Kier molecular flexibility index (Phi) is 4.90. The highest BCUT2D eigenvalue weighted by atomic mass is 19.3. The van der Waals surface area contributed by atoms with Crippen LogP contribution < -0.4 is 10.1 Å². The number of ether oxygens (including phenoxy) is 1. The lowest BCUT2D eigenvalue weighted by Crippen LogP contribution is -2.29. The number of fused-ring (bicyclic) bond motifs is 1. The maximum absolute atomic E-state index is 12.2. The van der Waals surface area contributed by atoms with Crippen LogP contribution in [-0.2, 0) is 0 Å². The third-order valence-corrected chi connectivity index (χ3v) is 3.60. The third-order valence-electron chi connectivity index (χ3n) is 3.60. The largest absolute Gasteiger partial charge is 0.435 e. The Balaban J connectivity index is 1.61. The normalized spacial score (nSPS) is 12.3. The fraction of sp³-hybridized carbons (Fsp3) is 0.176. The number of carbonyl (C=O) groups is 1. The summed E-state index contributed by atoms with van der Waals surface area (Å²) in [4.78, 5) is 16.4. The lowest BCUT2D eigenvalue weighted by Gasteiger charge is -2.13. The molecule has 0 aliphatic carbocycles. The van der Waals surface area contributed by atoms with E-state index in [-0.39, 0.29) is 18.2 Å². The fourth-order valence-electron chi connectivity index (χ4n) is 2.37. The van der Waals surface area contributed by atoms with Gasteiger partial charge in [-0.25, -0.2) is 4.98 Å². The molecule has 3 aromatic rings. The van der Waals surface area contributed by atoms with Gasteiger partial charge < -0.3 is 15.2 Å². The number of nitrogens with one attached hydrogen (secondary N) is 1. The summed E-state index contributed by atoms with van der Waals surface area (Å²) in [6.45, 7) is -2.94. The topological polar surface area (TPSA) is 75.9 Å². The number of aliphatic hydroxyl groups excluding tert-OH is 1. The average Bonchev–Trinajstić information content (AvgIpc) is 3.03. The molecule has 2 aromatic heterocycles. The van der Waals surface area contributed by atoms with Crippen molar-refractivity contribution in [1.29, 1.82) is 0 Å². The lowest BCUT2D eigenvalue weighted by atomic mass is 10.1. The molecule has 1 amide bonds. The van der Waals surface area contributed by atoms with E-state index in [9.17, 15) is 18.7 Å². The lowest BCUT2D eigenvalue weighted by molar-refractivity contribution is -0.0498. The highest BCUT2D eigenvalue weighted by molar-refractivity contribution is 5.93. The molecule has 0 aliphatic rings. The van der Waals surface area contributed by atoms with Crippen LogP contribution in [0.3, 0.4) is 0 Å². The van der Waals surface area contributed by atoms with Gasteiger partial charge in [0.15, 0.2) is 0 Å². The Bertz CT molecular complexity index is 865. The number of aromatic nitrogens is 2. The molecule has 6 nitrogen and oxygen atoms in total. The molecule has 3 rings (SSSR count). The maximum Gasteiger partial charge on any atom is 0.387 e. The second-order valence-corrected chi connectivity index (χ2v) is 5.25. The van der Waals surface area contributed by atoms with Crippen LogP contribution in [0.5, 0.6) is 5.75 Å². The van der Waals surface area contributed by atoms with Crippen molar-refractivity contribution in [3.63, 3.8) is 0 Å². The summed E-state index contributed by atoms with van der Waals surface area (Å²) in [5, 5.41) is 12.7. The molecule has 2 N–H and O–H groups in total. The number of alkyl halides is 2. The molecule has 25 heavy (non-hydrogen) atoms. The summed E-state index contributed by atoms with van der Waals surface area (Å²) >= 11 is 0. The van der Waals surface area contributed by atoms with E-state index in [1.54, 1.807) is 22.7 Å². The molecule has 1 unspecified atom stereocenters. The number of pyridine rings is 1. The van der Waals surface area contributed by atoms with E-state index >= 15 is 0 Å². The summed E-state index contributed by atoms with van der Waals surface area (Å²) in [5.74, 6) is -0.379. The van der Waals surface area contributed by atoms with Gasteiger partial charge in [-0.2, -0.15) is 8.78 Å². The van der Waals surface area contributed by atoms with Crippen molar-refractivity contribution in [2.45, 2.75) is 12.7 Å². The molecular formula is C17H15F2N3O3. The zero-order valence-electron chi connectivity index (χ0n) is 13.0. The minimum Gasteiger partial charge on any atom is -0.435 e. The van der Waals surface area contributed by atoms with E-state index in [1.165, 1.54) is 30.5 Å². The van der Waals surface area contributed by atoms with E-state index in [4.69, 9.17) is 0 Å². The first-order valence-corrected chi connectivity index (χ1v) is 7.47. The number of carbonyl (C=O) groups excluding carboxylic acids is 1. The summed E-state index contributed by atoms with van der Waals surface area (Å²) in [6.07, 6.45) is 2.19. The van der Waals surface area contributed by atoms with E-state index in [2.05, 4.69) is 15.0 Å². The summed E-state index contributed by atoms with van der Waals surface area (Å²) < 4.78 is 30.1. The second kappa shape index (κ2) is 7.27. The number of nitrogens with zero attached hydrogens (tertiary/aromatic N) is 2. The van der Waals surface area contributed by atoms with Crippen LogP contribution in [-0.4, -0.2) is 33.6 Å². The number of rotatable bonds is 6. The molecule has 1 aromatic carbocycles. The molecule has 2 heterocycles. The highest BCUT2D eigenvalue weighted by Crippen LogP contribution is 2.19. The van der Waals surface area contributed by atoms with Crippen molar-refractivity contribution in [3.05, 3.63) is 66.1 Å². The molecule has 0 saturated carbocycles. The standard InChI is InChI=1S/C17H15F2N3O3/c18-17(19)25-12-6-4-11(5-7-12)14(23)10-21-16(24)13-9-20-15-3-1-2-8-22(13)15/h1-9,14,17,23H,10H2,(H,21,24). The number of aliphatic hydroxyl groups is 1. The molecule has 0 aliphatic heterocycles. The van der Waals surface area contributed by atoms with Crippen molar-refractivity contribution in [2.24, 2.45) is 0 Å². The molecule has 1 atom stereocenters. The first kappa shape index (κ1) is 16.8. The number of hydrogen-bond donors (Lipinski definition) is 2. The van der Waals surface area contributed by atoms with E-state index in [1.807, 2.05) is 6.07 Å². The van der Waals surface area contributed by atoms with Gasteiger partial charge in [0.1, 0.15) is 17.1 Å². The molecule has 130 valence electrons. The van der Waals surface area contributed by atoms with Gasteiger partial charge in [0.25, 0.3) is 5.91 Å². The van der Waals surface area contributed by atoms with E-state index in [0.717, 1.165) is 0 Å². The van der Waals surface area contributed by atoms with Gasteiger partial charge in [0.05, 0.1) is 12.3 Å². The maximum atomic E-state index is 12.2. The number of halogens is 2. The van der Waals surface area contributed by atoms with Gasteiger partial charge in [-0.1, -0.05) is 18.2 Å². The fourth-order valence-corrected chi connectivity index (χ4v) is 2.37. The summed E-state index contributed by atoms with van der Waals surface area (Å²) in [7, 11) is 0. The monoisotopic (exact) mass is 347 g/mol. The van der Waals surface area contributed by atoms with Gasteiger partial charge >= 0.3 is 6.61 Å². The predicted molar refractivity (Wildman–Crippen MR) is 85.6 cm³/mol. The Morgan fingerprint density at radius 1 is 1.24 bits per heavy atom. The average molecular weight is 347 g/mol. The smallest absolute Gasteiger partial charge is 0.387 e. The van der Waals surface area contributed by atoms with Crippen LogP contribution in [0, 0.1) is 0 Å². The quantitative estimate of drug-likeness (QED) is 0.718. The molecule has 0 saturated heterocycles. The molecule has 0 bridgehead atoms. The minimum absolute atomic E-state index is 0.000662. The van der Waals surface area contributed by atoms with Crippen LogP contribution in [0.1, 0.15) is 22.2 Å². The number of imidazole rings is 1. The molecule has 8 heteroatoms. The molecule has 0 spiro atoms. The van der Waals surface area contributed by atoms with Gasteiger partial charge in [0.2, 0.25) is 0 Å². The third kappa shape index (κ3) is 3.92. The Morgan fingerprint density at radius 3 is 2.72 bits per heavy atom. The van der Waals surface area contributed by atoms with Crippen molar-refractivity contribution >= 4 is 11.6 Å². The van der Waals surface area contributed by atoms with Gasteiger partial charge in [-0.05, 0) is 29.8 Å². The predicted octanol–water partition coefficient (Wildman–Crippen LogP) is 2.40. The molecule has 0 fully saturated rings. The van der Waals surface area contributed by atoms with Gasteiger partial charge in [-0.3, -0.25) is 9.20 Å². The van der Waals surface area contributed by atoms with Crippen LogP contribution in [0.4, 0.5) is 8.78 Å². The van der Waals surface area contributed by atoms with E-state index < -0.39 is 12.7 Å². The first-order chi connectivity index (χ1) is 12.0. The minimum atomic E-state index is -2.90. The summed E-state index contributed by atoms with van der Waals surface area (Å²) in [5.41, 5.74) is 1.46. The Labute approximate surface area is 141 Å². The van der Waals surface area contributed by atoms with Gasteiger partial charge in [0, 0.05) is 12.7 Å². The zero-order chi connectivity index (χ0) is 17.8. The second-order valence-electron chi connectivity index (χ2n) is 5.25. The van der Waals surface area contributed by atoms with Crippen LogP contribution in [0.25, 0.3) is 5.65 Å². The SMILES string of the molecule is O=C(NCC(O)c1ccc(OC(F)F)cc1)c1cnc2ccccn12. The number of hydrogen-bond acceptors (Lipinski definition) is 4. The van der Waals surface area contributed by atoms with Crippen LogP contribution in [0.15, 0.2) is 54.9 Å². The summed E-state index contributed by atoms with van der Waals surface area (Å²) in [6, 6.07) is 11.0. The number of benzene rings is 1. The van der Waals surface area contributed by atoms with Crippen LogP contribution >= 0.6 is 0 Å².